The lowest BCUT2D eigenvalue weighted by Gasteiger charge is -2.37. The summed E-state index contributed by atoms with van der Waals surface area (Å²) in [5, 5.41) is 0.723. The van der Waals surface area contributed by atoms with Gasteiger partial charge in [0.15, 0.2) is 19.5 Å². The van der Waals surface area contributed by atoms with Gasteiger partial charge in [-0.05, 0) is 49.7 Å². The van der Waals surface area contributed by atoms with Crippen LogP contribution in [0.5, 0.6) is 11.5 Å². The molecule has 0 atom stereocenters. The summed E-state index contributed by atoms with van der Waals surface area (Å²) in [5.74, 6) is 1.07. The highest BCUT2D eigenvalue weighted by molar-refractivity contribution is 6.04. The predicted molar refractivity (Wildman–Crippen MR) is 138 cm³/mol. The minimum Gasteiger partial charge on any atom is -0.486 e. The van der Waals surface area contributed by atoms with E-state index in [4.69, 9.17) is 22.2 Å². The van der Waals surface area contributed by atoms with Crippen molar-refractivity contribution in [1.29, 1.82) is 0 Å². The highest BCUT2D eigenvalue weighted by atomic mass is 16.6. The van der Waals surface area contributed by atoms with Gasteiger partial charge in [-0.15, -0.1) is 0 Å². The monoisotopic (exact) mass is 487 g/mol. The van der Waals surface area contributed by atoms with E-state index in [1.54, 1.807) is 4.57 Å². The first-order valence-corrected chi connectivity index (χ1v) is 12.4. The molecule has 0 amide bonds. The van der Waals surface area contributed by atoms with E-state index in [2.05, 4.69) is 4.90 Å². The summed E-state index contributed by atoms with van der Waals surface area (Å²) in [6.45, 7) is 4.92. The molecule has 9 heteroatoms. The van der Waals surface area contributed by atoms with Crippen molar-refractivity contribution in [1.82, 2.24) is 14.3 Å². The van der Waals surface area contributed by atoms with Gasteiger partial charge in [-0.1, -0.05) is 24.3 Å². The number of likely N-dealkylation sites (tertiary alicyclic amines) is 1. The van der Waals surface area contributed by atoms with Crippen molar-refractivity contribution in [2.45, 2.75) is 32.0 Å². The molecule has 3 aromatic rings. The van der Waals surface area contributed by atoms with Crippen molar-refractivity contribution in [3.05, 3.63) is 70.0 Å². The number of ether oxygens (including phenoxy) is 3. The summed E-state index contributed by atoms with van der Waals surface area (Å²) >= 11 is 0. The molecule has 2 aromatic carbocycles. The molecule has 0 aliphatic carbocycles. The molecule has 0 unspecified atom stereocenters. The summed E-state index contributed by atoms with van der Waals surface area (Å²) in [4.78, 5) is 29.3. The summed E-state index contributed by atoms with van der Waals surface area (Å²) in [5.41, 5.74) is 1.95. The molecule has 8 nitrogen and oxygen atoms in total. The summed E-state index contributed by atoms with van der Waals surface area (Å²) in [7, 11) is 7.78. The van der Waals surface area contributed by atoms with Crippen molar-refractivity contribution in [2.75, 3.05) is 40.0 Å². The number of benzene rings is 2. The molecule has 2 radical (unpaired) electrons. The van der Waals surface area contributed by atoms with Crippen LogP contribution in [0.1, 0.15) is 28.8 Å². The zero-order chi connectivity index (χ0) is 25.1. The first-order chi connectivity index (χ1) is 17.5. The van der Waals surface area contributed by atoms with E-state index >= 15 is 0 Å². The minimum absolute atomic E-state index is 0.198. The van der Waals surface area contributed by atoms with Crippen molar-refractivity contribution in [3.63, 3.8) is 0 Å². The molecule has 0 bridgehead atoms. The molecule has 3 heterocycles. The largest absolute Gasteiger partial charge is 0.486 e. The molecular formula is C27H30BN3O5. The maximum atomic E-state index is 12.8. The third-order valence-electron chi connectivity index (χ3n) is 7.06. The number of nitrogens with zero attached hydrogens (tertiary/aromatic N) is 3. The molecule has 1 fully saturated rings. The van der Waals surface area contributed by atoms with Gasteiger partial charge in [0.05, 0.1) is 18.2 Å². The third-order valence-corrected chi connectivity index (χ3v) is 7.06. The number of carbonyl (C=O) groups is 1. The summed E-state index contributed by atoms with van der Waals surface area (Å²) in [6.07, 6.45) is 1.91. The standard InChI is InChI=1S/C27H30BN3O5/c1-34-27(33)22-17-26(32)30(23-5-3-2-4-21(22)23)13-12-29-10-8-20(9-11-29)31(28)18-19-6-7-24-25(16-19)36-15-14-35-24/h2-7,16-17,20H,8-15,18H2,1H3. The Morgan fingerprint density at radius 3 is 2.58 bits per heavy atom. The predicted octanol–water partition coefficient (Wildman–Crippen LogP) is 2.61. The third kappa shape index (κ3) is 5.13. The second-order valence-corrected chi connectivity index (χ2v) is 9.28. The molecule has 0 N–H and O–H groups in total. The Kier molecular flexibility index (Phi) is 7.29. The van der Waals surface area contributed by atoms with Crippen LogP contribution >= 0.6 is 0 Å². The fourth-order valence-electron chi connectivity index (χ4n) is 5.09. The van der Waals surface area contributed by atoms with Gasteiger partial charge in [0.2, 0.25) is 0 Å². The first kappa shape index (κ1) is 24.4. The Bertz CT molecular complexity index is 1300. The van der Waals surface area contributed by atoms with Gasteiger partial charge >= 0.3 is 5.97 Å². The fourth-order valence-corrected chi connectivity index (χ4v) is 5.09. The van der Waals surface area contributed by atoms with Crippen LogP contribution in [0.15, 0.2) is 53.3 Å². The smallest absolute Gasteiger partial charge is 0.338 e. The van der Waals surface area contributed by atoms with Crippen LogP contribution in [0, 0.1) is 0 Å². The second kappa shape index (κ2) is 10.8. The van der Waals surface area contributed by atoms with Gasteiger partial charge in [-0.25, -0.2) is 4.79 Å². The van der Waals surface area contributed by atoms with E-state index in [1.807, 2.05) is 47.3 Å². The lowest BCUT2D eigenvalue weighted by atomic mass is 9.99. The van der Waals surface area contributed by atoms with E-state index in [-0.39, 0.29) is 11.6 Å². The quantitative estimate of drug-likeness (QED) is 0.375. The number of fused-ring (bicyclic) bond motifs is 2. The van der Waals surface area contributed by atoms with E-state index < -0.39 is 5.97 Å². The van der Waals surface area contributed by atoms with Crippen LogP contribution in [0.2, 0.25) is 0 Å². The number of piperidine rings is 1. The fraction of sp³-hybridized carbons (Fsp3) is 0.407. The lowest BCUT2D eigenvalue weighted by Crippen LogP contribution is -2.44. The van der Waals surface area contributed by atoms with Gasteiger partial charge in [0.1, 0.15) is 13.2 Å². The average molecular weight is 487 g/mol. The molecule has 1 aromatic heterocycles. The maximum absolute atomic E-state index is 12.8. The second-order valence-electron chi connectivity index (χ2n) is 9.28. The first-order valence-electron chi connectivity index (χ1n) is 12.4. The number of pyridine rings is 1. The van der Waals surface area contributed by atoms with E-state index in [9.17, 15) is 9.59 Å². The highest BCUT2D eigenvalue weighted by Gasteiger charge is 2.23. The van der Waals surface area contributed by atoms with Gasteiger partial charge in [-0.2, -0.15) is 0 Å². The molecule has 186 valence electrons. The van der Waals surface area contributed by atoms with Gasteiger partial charge < -0.3 is 28.5 Å². The molecule has 36 heavy (non-hydrogen) atoms. The van der Waals surface area contributed by atoms with E-state index in [1.165, 1.54) is 13.2 Å². The van der Waals surface area contributed by atoms with Crippen molar-refractivity contribution in [3.8, 4) is 11.5 Å². The number of hydrogen-bond acceptors (Lipinski definition) is 7. The van der Waals surface area contributed by atoms with Gasteiger partial charge in [0, 0.05) is 37.1 Å². The number of esters is 1. The summed E-state index contributed by atoms with van der Waals surface area (Å²) in [6, 6.07) is 15.1. The molecule has 0 spiro atoms. The average Bonchev–Trinajstić information content (AvgIpc) is 2.92. The number of rotatable bonds is 7. The van der Waals surface area contributed by atoms with Crippen LogP contribution < -0.4 is 15.0 Å². The topological polar surface area (TPSA) is 73.2 Å². The molecule has 2 aliphatic heterocycles. The Morgan fingerprint density at radius 2 is 1.81 bits per heavy atom. The van der Waals surface area contributed by atoms with Crippen molar-refractivity contribution < 1.29 is 19.0 Å². The molecule has 5 rings (SSSR count). The number of methoxy groups -OCH3 is 1. The zero-order valence-corrected chi connectivity index (χ0v) is 20.5. The van der Waals surface area contributed by atoms with Gasteiger partial charge in [0.25, 0.3) is 5.56 Å². The number of aromatic nitrogens is 1. The van der Waals surface area contributed by atoms with Crippen LogP contribution in [-0.2, 0) is 17.8 Å². The molecular weight excluding hydrogens is 457 g/mol. The van der Waals surface area contributed by atoms with Crippen LogP contribution in [0.4, 0.5) is 0 Å². The van der Waals surface area contributed by atoms with Crippen LogP contribution in [0.25, 0.3) is 10.9 Å². The normalized spacial score (nSPS) is 16.4. The summed E-state index contributed by atoms with van der Waals surface area (Å²) < 4.78 is 17.9. The van der Waals surface area contributed by atoms with E-state index in [0.29, 0.717) is 31.9 Å². The van der Waals surface area contributed by atoms with Crippen LogP contribution in [0.3, 0.4) is 0 Å². The maximum Gasteiger partial charge on any atom is 0.338 e. The number of para-hydroxylation sites is 1. The van der Waals surface area contributed by atoms with Gasteiger partial charge in [-0.3, -0.25) is 4.79 Å². The Balaban J connectivity index is 1.18. The minimum atomic E-state index is -0.500. The Morgan fingerprint density at radius 1 is 1.06 bits per heavy atom. The number of hydrogen-bond donors (Lipinski definition) is 0. The molecule has 0 saturated carbocycles. The lowest BCUT2D eigenvalue weighted by molar-refractivity contribution is 0.0602. The van der Waals surface area contributed by atoms with Crippen molar-refractivity contribution in [2.24, 2.45) is 0 Å². The Labute approximate surface area is 211 Å². The highest BCUT2D eigenvalue weighted by Crippen LogP contribution is 2.31. The zero-order valence-electron chi connectivity index (χ0n) is 20.5. The SMILES string of the molecule is [B]N(Cc1ccc2c(c1)OCCO2)C1CCN(CCn2c(=O)cc(C(=O)OC)c3ccccc32)CC1. The van der Waals surface area contributed by atoms with Crippen LogP contribution in [-0.4, -0.2) is 74.2 Å². The van der Waals surface area contributed by atoms with E-state index in [0.717, 1.165) is 60.4 Å². The van der Waals surface area contributed by atoms with Crippen molar-refractivity contribution >= 4 is 24.9 Å². The number of carbonyl (C=O) groups excluding carboxylic acids is 1. The Hall–Kier alpha value is -3.30. The molecule has 1 saturated heterocycles. The molecule has 2 aliphatic rings.